The summed E-state index contributed by atoms with van der Waals surface area (Å²) >= 11 is 0. The highest BCUT2D eigenvalue weighted by Gasteiger charge is 2.23. The van der Waals surface area contributed by atoms with Crippen molar-refractivity contribution < 1.29 is 4.79 Å². The maximum Gasteiger partial charge on any atom is 0.222 e. The van der Waals surface area contributed by atoms with Gasteiger partial charge in [-0.3, -0.25) is 4.79 Å². The maximum atomic E-state index is 12.4. The molecule has 1 fully saturated rings. The van der Waals surface area contributed by atoms with Gasteiger partial charge >= 0.3 is 0 Å². The number of carbonyl (C=O) groups is 1. The third kappa shape index (κ3) is 6.74. The van der Waals surface area contributed by atoms with E-state index in [0.717, 1.165) is 32.4 Å². The van der Waals surface area contributed by atoms with Crippen molar-refractivity contribution in [2.24, 2.45) is 11.7 Å². The van der Waals surface area contributed by atoms with Crippen molar-refractivity contribution in [3.05, 3.63) is 0 Å². The Morgan fingerprint density at radius 3 is 2.55 bits per heavy atom. The van der Waals surface area contributed by atoms with Crippen LogP contribution in [-0.2, 0) is 4.79 Å². The van der Waals surface area contributed by atoms with Gasteiger partial charge in [-0.2, -0.15) is 0 Å². The van der Waals surface area contributed by atoms with E-state index in [9.17, 15) is 4.79 Å². The lowest BCUT2D eigenvalue weighted by molar-refractivity contribution is -0.133. The zero-order chi connectivity index (χ0) is 14.8. The number of nitrogens with two attached hydrogens (primary N) is 1. The molecule has 0 aliphatic carbocycles. The monoisotopic (exact) mass is 282 g/mol. The molecule has 2 unspecified atom stereocenters. The highest BCUT2D eigenvalue weighted by Crippen LogP contribution is 2.22. The van der Waals surface area contributed by atoms with Crippen LogP contribution in [0.4, 0.5) is 0 Å². The van der Waals surface area contributed by atoms with Gasteiger partial charge < -0.3 is 10.6 Å². The SMILES string of the molecule is CCCCCC(CCCC)CC(=O)N1CCCC(N)C1. The van der Waals surface area contributed by atoms with Gasteiger partial charge in [-0.15, -0.1) is 0 Å². The summed E-state index contributed by atoms with van der Waals surface area (Å²) in [6.07, 6.45) is 11.6. The lowest BCUT2D eigenvalue weighted by atomic mass is 9.91. The first-order valence-electron chi connectivity index (χ1n) is 8.70. The number of carbonyl (C=O) groups excluding carboxylic acids is 1. The molecule has 1 rings (SSSR count). The van der Waals surface area contributed by atoms with Crippen molar-refractivity contribution in [2.45, 2.75) is 84.1 Å². The molecule has 2 N–H and O–H groups in total. The summed E-state index contributed by atoms with van der Waals surface area (Å²) in [5.74, 6) is 0.935. The highest BCUT2D eigenvalue weighted by molar-refractivity contribution is 5.76. The molecule has 20 heavy (non-hydrogen) atoms. The summed E-state index contributed by atoms with van der Waals surface area (Å²) in [4.78, 5) is 14.4. The van der Waals surface area contributed by atoms with E-state index in [1.165, 1.54) is 44.9 Å². The fourth-order valence-corrected chi connectivity index (χ4v) is 3.14. The first-order chi connectivity index (χ1) is 9.67. The zero-order valence-corrected chi connectivity index (χ0v) is 13.6. The molecule has 0 aromatic heterocycles. The molecule has 1 amide bonds. The second kappa shape index (κ2) is 10.2. The number of nitrogens with zero attached hydrogens (tertiary/aromatic N) is 1. The Bertz CT molecular complexity index is 268. The quantitative estimate of drug-likeness (QED) is 0.655. The van der Waals surface area contributed by atoms with Gasteiger partial charge in [-0.05, 0) is 31.6 Å². The van der Waals surface area contributed by atoms with Gasteiger partial charge in [0, 0.05) is 25.6 Å². The molecule has 0 bridgehead atoms. The normalized spacial score (nSPS) is 20.9. The number of hydrogen-bond donors (Lipinski definition) is 1. The van der Waals surface area contributed by atoms with Crippen molar-refractivity contribution in [1.29, 1.82) is 0 Å². The van der Waals surface area contributed by atoms with E-state index in [2.05, 4.69) is 13.8 Å². The van der Waals surface area contributed by atoms with E-state index < -0.39 is 0 Å². The number of amides is 1. The van der Waals surface area contributed by atoms with Gasteiger partial charge in [0.1, 0.15) is 0 Å². The van der Waals surface area contributed by atoms with Crippen LogP contribution in [0.1, 0.15) is 78.1 Å². The van der Waals surface area contributed by atoms with Crippen LogP contribution in [0.5, 0.6) is 0 Å². The Balaban J connectivity index is 2.38. The van der Waals surface area contributed by atoms with Gasteiger partial charge in [0.2, 0.25) is 5.91 Å². The second-order valence-corrected chi connectivity index (χ2v) is 6.45. The molecule has 2 atom stereocenters. The minimum absolute atomic E-state index is 0.196. The molecule has 1 aliphatic rings. The van der Waals surface area contributed by atoms with E-state index in [-0.39, 0.29) is 6.04 Å². The van der Waals surface area contributed by atoms with Gasteiger partial charge in [0.05, 0.1) is 0 Å². The average molecular weight is 282 g/mol. The van der Waals surface area contributed by atoms with Gasteiger partial charge in [0.15, 0.2) is 0 Å². The van der Waals surface area contributed by atoms with Gasteiger partial charge in [-0.25, -0.2) is 0 Å². The minimum Gasteiger partial charge on any atom is -0.341 e. The van der Waals surface area contributed by atoms with E-state index in [1.54, 1.807) is 0 Å². The lowest BCUT2D eigenvalue weighted by Crippen LogP contribution is -2.46. The number of rotatable bonds is 9. The molecule has 1 saturated heterocycles. The summed E-state index contributed by atoms with van der Waals surface area (Å²) in [7, 11) is 0. The van der Waals surface area contributed by atoms with Crippen molar-refractivity contribution in [2.75, 3.05) is 13.1 Å². The molecule has 0 saturated carbocycles. The molecule has 1 heterocycles. The van der Waals surface area contributed by atoms with E-state index in [1.807, 2.05) is 4.90 Å². The summed E-state index contributed by atoms with van der Waals surface area (Å²) < 4.78 is 0. The fourth-order valence-electron chi connectivity index (χ4n) is 3.14. The first kappa shape index (κ1) is 17.5. The maximum absolute atomic E-state index is 12.4. The second-order valence-electron chi connectivity index (χ2n) is 6.45. The predicted molar refractivity (Wildman–Crippen MR) is 85.6 cm³/mol. The fraction of sp³-hybridized carbons (Fsp3) is 0.941. The largest absolute Gasteiger partial charge is 0.341 e. The van der Waals surface area contributed by atoms with E-state index >= 15 is 0 Å². The van der Waals surface area contributed by atoms with Crippen molar-refractivity contribution >= 4 is 5.91 Å². The van der Waals surface area contributed by atoms with Gasteiger partial charge in [-0.1, -0.05) is 46.0 Å². The zero-order valence-electron chi connectivity index (χ0n) is 13.6. The Labute approximate surface area is 125 Å². The molecular formula is C17H34N2O. The third-order valence-corrected chi connectivity index (χ3v) is 4.46. The van der Waals surface area contributed by atoms with E-state index in [4.69, 9.17) is 5.73 Å². The van der Waals surface area contributed by atoms with Crippen LogP contribution in [0.2, 0.25) is 0 Å². The first-order valence-corrected chi connectivity index (χ1v) is 8.70. The standard InChI is InChI=1S/C17H34N2O/c1-3-5-7-10-15(9-6-4-2)13-17(20)19-12-8-11-16(18)14-19/h15-16H,3-14,18H2,1-2H3. The Hall–Kier alpha value is -0.570. The summed E-state index contributed by atoms with van der Waals surface area (Å²) in [6.45, 7) is 6.16. The average Bonchev–Trinajstić information content (AvgIpc) is 2.44. The summed E-state index contributed by atoms with van der Waals surface area (Å²) in [5.41, 5.74) is 5.98. The molecular weight excluding hydrogens is 248 g/mol. The van der Waals surface area contributed by atoms with Crippen LogP contribution in [0, 0.1) is 5.92 Å². The minimum atomic E-state index is 0.196. The molecule has 0 aromatic rings. The van der Waals surface area contributed by atoms with Crippen molar-refractivity contribution in [3.63, 3.8) is 0 Å². The summed E-state index contributed by atoms with van der Waals surface area (Å²) in [6, 6.07) is 0.196. The lowest BCUT2D eigenvalue weighted by Gasteiger charge is -2.32. The third-order valence-electron chi connectivity index (χ3n) is 4.46. The number of hydrogen-bond acceptors (Lipinski definition) is 2. The van der Waals surface area contributed by atoms with Crippen LogP contribution >= 0.6 is 0 Å². The Kier molecular flexibility index (Phi) is 8.92. The topological polar surface area (TPSA) is 46.3 Å². The van der Waals surface area contributed by atoms with Crippen LogP contribution in [0.25, 0.3) is 0 Å². The molecule has 0 aromatic carbocycles. The van der Waals surface area contributed by atoms with Crippen LogP contribution in [-0.4, -0.2) is 29.9 Å². The van der Waals surface area contributed by atoms with Crippen molar-refractivity contribution in [3.8, 4) is 0 Å². The molecule has 0 radical (unpaired) electrons. The van der Waals surface area contributed by atoms with Crippen LogP contribution < -0.4 is 5.73 Å². The molecule has 0 spiro atoms. The summed E-state index contributed by atoms with van der Waals surface area (Å²) in [5, 5.41) is 0. The molecule has 3 heteroatoms. The van der Waals surface area contributed by atoms with E-state index in [0.29, 0.717) is 11.8 Å². The number of piperidine rings is 1. The highest BCUT2D eigenvalue weighted by atomic mass is 16.2. The Morgan fingerprint density at radius 2 is 1.90 bits per heavy atom. The van der Waals surface area contributed by atoms with Crippen LogP contribution in [0.3, 0.4) is 0 Å². The Morgan fingerprint density at radius 1 is 1.20 bits per heavy atom. The molecule has 118 valence electrons. The smallest absolute Gasteiger partial charge is 0.222 e. The molecule has 1 aliphatic heterocycles. The number of likely N-dealkylation sites (tertiary alicyclic amines) is 1. The van der Waals surface area contributed by atoms with Gasteiger partial charge in [0.25, 0.3) is 0 Å². The molecule has 3 nitrogen and oxygen atoms in total. The number of unbranched alkanes of at least 4 members (excludes halogenated alkanes) is 3. The van der Waals surface area contributed by atoms with Crippen molar-refractivity contribution in [1.82, 2.24) is 4.90 Å². The van der Waals surface area contributed by atoms with Crippen LogP contribution in [0.15, 0.2) is 0 Å². The predicted octanol–water partition coefficient (Wildman–Crippen LogP) is 3.71.